The van der Waals surface area contributed by atoms with Gasteiger partial charge in [0, 0.05) is 18.0 Å². The van der Waals surface area contributed by atoms with Crippen LogP contribution in [0.15, 0.2) is 53.6 Å². The lowest BCUT2D eigenvalue weighted by Crippen LogP contribution is -2.34. The van der Waals surface area contributed by atoms with Gasteiger partial charge in [-0.25, -0.2) is 10.0 Å². The van der Waals surface area contributed by atoms with Crippen molar-refractivity contribution in [3.05, 3.63) is 54.1 Å². The first-order valence-electron chi connectivity index (χ1n) is 7.75. The van der Waals surface area contributed by atoms with Gasteiger partial charge in [0.25, 0.3) is 0 Å². The molecule has 0 saturated heterocycles. The van der Waals surface area contributed by atoms with Crippen LogP contribution in [0.3, 0.4) is 0 Å². The number of aromatic nitrogens is 2. The van der Waals surface area contributed by atoms with E-state index in [-0.39, 0.29) is 5.56 Å². The van der Waals surface area contributed by atoms with E-state index >= 15 is 0 Å². The van der Waals surface area contributed by atoms with Gasteiger partial charge in [-0.3, -0.25) is 10.1 Å². The molecule has 2 aliphatic heterocycles. The van der Waals surface area contributed by atoms with E-state index in [1.54, 1.807) is 18.5 Å². The van der Waals surface area contributed by atoms with E-state index in [1.807, 2.05) is 22.3 Å². The Kier molecular flexibility index (Phi) is 3.71. The van der Waals surface area contributed by atoms with Gasteiger partial charge in [0.1, 0.15) is 17.3 Å². The second-order valence-electron chi connectivity index (χ2n) is 5.65. The molecule has 0 radical (unpaired) electrons. The lowest BCUT2D eigenvalue weighted by molar-refractivity contribution is -0.137. The van der Waals surface area contributed by atoms with Gasteiger partial charge in [-0.05, 0) is 30.4 Å². The van der Waals surface area contributed by atoms with E-state index in [0.29, 0.717) is 23.7 Å². The molecule has 2 aliphatic rings. The number of nitrogens with one attached hydrogen (secondary N) is 1. The second kappa shape index (κ2) is 5.94. The first-order chi connectivity index (χ1) is 12.5. The average molecular weight is 361 g/mol. The van der Waals surface area contributed by atoms with Gasteiger partial charge in [-0.2, -0.15) is 18.3 Å². The predicted octanol–water partition coefficient (Wildman–Crippen LogP) is 3.58. The van der Waals surface area contributed by atoms with Crippen molar-refractivity contribution in [1.29, 1.82) is 0 Å². The Morgan fingerprint density at radius 3 is 2.88 bits per heavy atom. The number of aromatic amines is 1. The highest BCUT2D eigenvalue weighted by molar-refractivity contribution is 5.80. The van der Waals surface area contributed by atoms with E-state index in [2.05, 4.69) is 15.2 Å². The number of hydrazine groups is 1. The summed E-state index contributed by atoms with van der Waals surface area (Å²) in [5.74, 6) is 1.07. The maximum absolute atomic E-state index is 13.1. The van der Waals surface area contributed by atoms with Crippen LogP contribution in [0.25, 0.3) is 11.3 Å². The summed E-state index contributed by atoms with van der Waals surface area (Å²) in [5, 5.41) is 10.5. The van der Waals surface area contributed by atoms with Crippen LogP contribution >= 0.6 is 0 Å². The van der Waals surface area contributed by atoms with Crippen molar-refractivity contribution in [3.63, 3.8) is 0 Å². The number of methoxy groups -OCH3 is 1. The van der Waals surface area contributed by atoms with Crippen LogP contribution in [-0.4, -0.2) is 35.1 Å². The molecule has 134 valence electrons. The van der Waals surface area contributed by atoms with E-state index in [1.165, 1.54) is 13.2 Å². The molecule has 2 aromatic rings. The number of allylic oxidation sites excluding steroid dienone is 1. The molecule has 1 N–H and O–H groups in total. The van der Waals surface area contributed by atoms with Crippen LogP contribution < -0.4 is 9.75 Å². The highest BCUT2D eigenvalue weighted by Crippen LogP contribution is 2.41. The molecule has 0 atom stereocenters. The van der Waals surface area contributed by atoms with Crippen molar-refractivity contribution in [2.45, 2.75) is 6.18 Å². The summed E-state index contributed by atoms with van der Waals surface area (Å²) in [6.07, 6.45) is 4.32. The smallest absolute Gasteiger partial charge is 0.416 e. The van der Waals surface area contributed by atoms with Crippen LogP contribution in [0.5, 0.6) is 5.75 Å². The summed E-state index contributed by atoms with van der Waals surface area (Å²) in [6.45, 7) is 0.519. The number of halogens is 3. The summed E-state index contributed by atoms with van der Waals surface area (Å²) < 4.78 is 44.7. The Bertz CT molecular complexity index is 929. The monoisotopic (exact) mass is 361 g/mol. The summed E-state index contributed by atoms with van der Waals surface area (Å²) in [5.41, 5.74) is 0.588. The first kappa shape index (κ1) is 16.2. The van der Waals surface area contributed by atoms with Gasteiger partial charge in [0.15, 0.2) is 0 Å². The zero-order chi connectivity index (χ0) is 18.3. The third kappa shape index (κ3) is 2.61. The van der Waals surface area contributed by atoms with Crippen molar-refractivity contribution in [2.24, 2.45) is 4.99 Å². The quantitative estimate of drug-likeness (QED) is 0.908. The van der Waals surface area contributed by atoms with Gasteiger partial charge >= 0.3 is 6.18 Å². The predicted molar refractivity (Wildman–Crippen MR) is 90.5 cm³/mol. The Labute approximate surface area is 146 Å². The third-order valence-corrected chi connectivity index (χ3v) is 4.16. The molecule has 0 fully saturated rings. The number of nitrogens with zero attached hydrogens (tertiary/aromatic N) is 4. The first-order valence-corrected chi connectivity index (χ1v) is 7.75. The molecule has 0 spiro atoms. The van der Waals surface area contributed by atoms with Crippen LogP contribution in [0.2, 0.25) is 0 Å². The molecular weight excluding hydrogens is 347 g/mol. The minimum atomic E-state index is -4.45. The second-order valence-corrected chi connectivity index (χ2v) is 5.65. The van der Waals surface area contributed by atoms with Crippen LogP contribution in [0, 0.1) is 0 Å². The Morgan fingerprint density at radius 1 is 1.27 bits per heavy atom. The molecule has 6 nitrogen and oxygen atoms in total. The number of ether oxygens (including phenoxy) is 1. The average Bonchev–Trinajstić information content (AvgIpc) is 3.26. The fourth-order valence-corrected chi connectivity index (χ4v) is 2.95. The fourth-order valence-electron chi connectivity index (χ4n) is 2.95. The zero-order valence-corrected chi connectivity index (χ0v) is 13.7. The van der Waals surface area contributed by atoms with Gasteiger partial charge in [0.2, 0.25) is 0 Å². The molecule has 4 rings (SSSR count). The van der Waals surface area contributed by atoms with Crippen molar-refractivity contribution in [1.82, 2.24) is 15.2 Å². The fraction of sp³-hybridized carbons (Fsp3) is 0.176. The van der Waals surface area contributed by atoms with Crippen molar-refractivity contribution in [3.8, 4) is 17.0 Å². The highest BCUT2D eigenvalue weighted by atomic mass is 19.4. The molecule has 0 saturated carbocycles. The number of H-pyrrole nitrogens is 1. The molecule has 1 aromatic heterocycles. The maximum Gasteiger partial charge on any atom is 0.416 e. The maximum atomic E-state index is 13.1. The van der Waals surface area contributed by atoms with Crippen molar-refractivity contribution in [2.75, 3.05) is 18.7 Å². The minimum Gasteiger partial charge on any atom is -0.496 e. The number of anilines is 1. The van der Waals surface area contributed by atoms with Crippen LogP contribution in [0.4, 0.5) is 18.9 Å². The number of hydrogen-bond donors (Lipinski definition) is 1. The molecule has 0 bridgehead atoms. The van der Waals surface area contributed by atoms with Crippen molar-refractivity contribution >= 4 is 11.9 Å². The van der Waals surface area contributed by atoms with Crippen LogP contribution in [0.1, 0.15) is 5.56 Å². The number of rotatable bonds is 3. The molecular formula is C17H14F3N5O. The summed E-state index contributed by atoms with van der Waals surface area (Å²) in [7, 11) is 1.42. The van der Waals surface area contributed by atoms with E-state index < -0.39 is 11.7 Å². The van der Waals surface area contributed by atoms with Crippen molar-refractivity contribution < 1.29 is 17.9 Å². The van der Waals surface area contributed by atoms with Crippen LogP contribution in [-0.2, 0) is 6.18 Å². The number of benzene rings is 1. The minimum absolute atomic E-state index is 0.285. The molecule has 3 heterocycles. The molecule has 0 unspecified atom stereocenters. The SMILES string of the molecule is COc1ccc(C(F)(F)F)cc1-c1[nH]ncc1N1CC=C2N=CC=CN21. The number of aliphatic imine (C=N–C) groups is 1. The van der Waals surface area contributed by atoms with E-state index in [4.69, 9.17) is 4.74 Å². The largest absolute Gasteiger partial charge is 0.496 e. The van der Waals surface area contributed by atoms with Gasteiger partial charge in [-0.15, -0.1) is 0 Å². The topological polar surface area (TPSA) is 56.8 Å². The van der Waals surface area contributed by atoms with Gasteiger partial charge in [-0.1, -0.05) is 0 Å². The Hall–Kier alpha value is -3.23. The summed E-state index contributed by atoms with van der Waals surface area (Å²) >= 11 is 0. The lowest BCUT2D eigenvalue weighted by atomic mass is 10.1. The number of hydrogen-bond acceptors (Lipinski definition) is 5. The third-order valence-electron chi connectivity index (χ3n) is 4.16. The van der Waals surface area contributed by atoms with Gasteiger partial charge < -0.3 is 4.74 Å². The number of alkyl halides is 3. The number of fused-ring (bicyclic) bond motifs is 1. The van der Waals surface area contributed by atoms with E-state index in [9.17, 15) is 13.2 Å². The molecule has 1 aromatic carbocycles. The summed E-state index contributed by atoms with van der Waals surface area (Å²) in [6, 6.07) is 3.36. The Balaban J connectivity index is 1.78. The molecule has 9 heteroatoms. The highest BCUT2D eigenvalue weighted by Gasteiger charge is 2.33. The summed E-state index contributed by atoms with van der Waals surface area (Å²) in [4.78, 5) is 4.26. The van der Waals surface area contributed by atoms with E-state index in [0.717, 1.165) is 18.0 Å². The normalized spacial score (nSPS) is 16.1. The Morgan fingerprint density at radius 2 is 2.12 bits per heavy atom. The zero-order valence-electron chi connectivity index (χ0n) is 13.7. The van der Waals surface area contributed by atoms with Gasteiger partial charge in [0.05, 0.1) is 31.1 Å². The lowest BCUT2D eigenvalue weighted by Gasteiger charge is -2.30. The molecule has 26 heavy (non-hydrogen) atoms. The standard InChI is InChI=1S/C17H14F3N5O/c1-26-14-4-3-11(17(18,19)20)9-12(14)16-13(10-22-23-16)24-8-5-15-21-6-2-7-25(15)24/h2-7,9-10H,8H2,1H3,(H,22,23). The molecule has 0 aliphatic carbocycles. The molecule has 0 amide bonds.